The molecule has 5 rings (SSSR count). The maximum atomic E-state index is 6.05. The van der Waals surface area contributed by atoms with Gasteiger partial charge in [0.1, 0.15) is 0 Å². The second kappa shape index (κ2) is 6.26. The monoisotopic (exact) mass is 368 g/mol. The minimum absolute atomic E-state index is 0.690. The third-order valence-electron chi connectivity index (χ3n) is 5.10. The molecule has 0 atom stereocenters. The highest BCUT2D eigenvalue weighted by molar-refractivity contribution is 6.31. The van der Waals surface area contributed by atoms with Gasteiger partial charge < -0.3 is 0 Å². The van der Waals surface area contributed by atoms with E-state index in [-0.39, 0.29) is 0 Å². The number of halogens is 1. The standard InChI is InChI=1S/C24H17ClN2/c1-15(26-27-20-7-3-6-19(25)14-20)21-12-10-18-9-8-16-4-2-5-17-11-13-22(21)24(18)23(16)17/h2-14,27H,1H3/b26-15+. The average Bonchev–Trinajstić information content (AvgIpc) is 2.70. The fourth-order valence-electron chi connectivity index (χ4n) is 3.82. The van der Waals surface area contributed by atoms with Crippen LogP contribution in [0.3, 0.4) is 0 Å². The summed E-state index contributed by atoms with van der Waals surface area (Å²) in [6, 6.07) is 27.2. The third-order valence-corrected chi connectivity index (χ3v) is 5.33. The molecule has 0 aromatic heterocycles. The zero-order chi connectivity index (χ0) is 18.4. The van der Waals surface area contributed by atoms with Crippen molar-refractivity contribution < 1.29 is 0 Å². The van der Waals surface area contributed by atoms with Gasteiger partial charge in [-0.1, -0.05) is 72.3 Å². The molecule has 0 saturated carbocycles. The number of hydrogen-bond acceptors (Lipinski definition) is 2. The Morgan fingerprint density at radius 3 is 2.22 bits per heavy atom. The number of hydrazone groups is 1. The number of benzene rings is 5. The molecule has 0 radical (unpaired) electrons. The lowest BCUT2D eigenvalue weighted by Gasteiger charge is -2.14. The molecule has 0 fully saturated rings. The van der Waals surface area contributed by atoms with Crippen molar-refractivity contribution in [3.8, 4) is 0 Å². The quantitative estimate of drug-likeness (QED) is 0.205. The summed E-state index contributed by atoms with van der Waals surface area (Å²) in [5.74, 6) is 0. The molecular weight excluding hydrogens is 352 g/mol. The van der Waals surface area contributed by atoms with Gasteiger partial charge in [0.05, 0.1) is 11.4 Å². The summed E-state index contributed by atoms with van der Waals surface area (Å²) < 4.78 is 0. The van der Waals surface area contributed by atoms with Crippen molar-refractivity contribution in [2.45, 2.75) is 6.92 Å². The fraction of sp³-hybridized carbons (Fsp3) is 0.0417. The highest BCUT2D eigenvalue weighted by Gasteiger charge is 2.12. The molecule has 27 heavy (non-hydrogen) atoms. The molecule has 0 spiro atoms. The number of anilines is 1. The first-order valence-corrected chi connectivity index (χ1v) is 9.31. The van der Waals surface area contributed by atoms with Gasteiger partial charge in [-0.2, -0.15) is 5.10 Å². The van der Waals surface area contributed by atoms with E-state index in [1.165, 1.54) is 32.3 Å². The zero-order valence-corrected chi connectivity index (χ0v) is 15.6. The predicted octanol–water partition coefficient (Wildman–Crippen LogP) is 7.07. The Morgan fingerprint density at radius 2 is 1.44 bits per heavy atom. The zero-order valence-electron chi connectivity index (χ0n) is 14.8. The van der Waals surface area contributed by atoms with Crippen LogP contribution >= 0.6 is 11.6 Å². The van der Waals surface area contributed by atoms with Crippen molar-refractivity contribution in [1.29, 1.82) is 0 Å². The molecule has 0 saturated heterocycles. The molecule has 0 bridgehead atoms. The highest BCUT2D eigenvalue weighted by Crippen LogP contribution is 2.36. The van der Waals surface area contributed by atoms with Crippen LogP contribution in [0.2, 0.25) is 5.02 Å². The molecule has 0 aliphatic rings. The summed E-state index contributed by atoms with van der Waals surface area (Å²) in [6.45, 7) is 2.03. The Hall–Kier alpha value is -3.10. The van der Waals surface area contributed by atoms with Crippen molar-refractivity contribution >= 4 is 55.3 Å². The number of nitrogens with zero attached hydrogens (tertiary/aromatic N) is 1. The van der Waals surface area contributed by atoms with Gasteiger partial charge in [-0.05, 0) is 57.4 Å². The largest absolute Gasteiger partial charge is 0.278 e. The molecule has 130 valence electrons. The molecule has 5 aromatic carbocycles. The van der Waals surface area contributed by atoms with E-state index in [9.17, 15) is 0 Å². The maximum Gasteiger partial charge on any atom is 0.0654 e. The van der Waals surface area contributed by atoms with E-state index in [0.717, 1.165) is 17.0 Å². The predicted molar refractivity (Wildman–Crippen MR) is 117 cm³/mol. The lowest BCUT2D eigenvalue weighted by Crippen LogP contribution is -2.01. The fourth-order valence-corrected chi connectivity index (χ4v) is 4.01. The summed E-state index contributed by atoms with van der Waals surface area (Å²) >= 11 is 6.05. The second-order valence-corrected chi connectivity index (χ2v) is 7.22. The molecule has 5 aromatic rings. The van der Waals surface area contributed by atoms with Gasteiger partial charge in [0.25, 0.3) is 0 Å². The number of hydrogen-bond donors (Lipinski definition) is 1. The highest BCUT2D eigenvalue weighted by atomic mass is 35.5. The SMILES string of the molecule is C/C(=N\Nc1cccc(Cl)c1)c1ccc2ccc3cccc4ccc1c2c34. The molecule has 0 aliphatic carbocycles. The van der Waals surface area contributed by atoms with Gasteiger partial charge in [0, 0.05) is 10.6 Å². The summed E-state index contributed by atoms with van der Waals surface area (Å²) in [5.41, 5.74) is 6.06. The lowest BCUT2D eigenvalue weighted by atomic mass is 9.91. The molecular formula is C24H17ClN2. The Labute approximate surface area is 162 Å². The first-order valence-electron chi connectivity index (χ1n) is 8.93. The van der Waals surface area contributed by atoms with Crippen molar-refractivity contribution in [2.75, 3.05) is 5.43 Å². The molecule has 1 N–H and O–H groups in total. The lowest BCUT2D eigenvalue weighted by molar-refractivity contribution is 1.32. The minimum atomic E-state index is 0.690. The summed E-state index contributed by atoms with van der Waals surface area (Å²) in [6.07, 6.45) is 0. The van der Waals surface area contributed by atoms with Crippen molar-refractivity contribution in [1.82, 2.24) is 0 Å². The van der Waals surface area contributed by atoms with Crippen molar-refractivity contribution in [2.24, 2.45) is 5.10 Å². The second-order valence-electron chi connectivity index (χ2n) is 6.79. The van der Waals surface area contributed by atoms with Gasteiger partial charge in [0.2, 0.25) is 0 Å². The van der Waals surface area contributed by atoms with Crippen LogP contribution in [0.25, 0.3) is 32.3 Å². The Bertz CT molecular complexity index is 1300. The molecule has 0 heterocycles. The van der Waals surface area contributed by atoms with Gasteiger partial charge in [0.15, 0.2) is 0 Å². The van der Waals surface area contributed by atoms with Crippen LogP contribution in [-0.4, -0.2) is 5.71 Å². The first kappa shape index (κ1) is 16.1. The van der Waals surface area contributed by atoms with Crippen LogP contribution in [0.5, 0.6) is 0 Å². The van der Waals surface area contributed by atoms with E-state index in [0.29, 0.717) is 5.02 Å². The van der Waals surface area contributed by atoms with Crippen molar-refractivity contribution in [3.05, 3.63) is 89.4 Å². The van der Waals surface area contributed by atoms with E-state index in [4.69, 9.17) is 11.6 Å². The van der Waals surface area contributed by atoms with Gasteiger partial charge >= 0.3 is 0 Å². The Balaban J connectivity index is 1.67. The molecule has 3 heteroatoms. The van der Waals surface area contributed by atoms with Crippen LogP contribution in [0.15, 0.2) is 84.0 Å². The molecule has 0 aliphatic heterocycles. The van der Waals surface area contributed by atoms with E-state index >= 15 is 0 Å². The number of nitrogens with one attached hydrogen (secondary N) is 1. The normalized spacial score (nSPS) is 12.3. The summed E-state index contributed by atoms with van der Waals surface area (Å²) in [7, 11) is 0. The minimum Gasteiger partial charge on any atom is -0.278 e. The molecule has 0 unspecified atom stereocenters. The van der Waals surface area contributed by atoms with Crippen LogP contribution in [0, 0.1) is 0 Å². The van der Waals surface area contributed by atoms with E-state index in [1.807, 2.05) is 31.2 Å². The van der Waals surface area contributed by atoms with Crippen LogP contribution in [0.1, 0.15) is 12.5 Å². The van der Waals surface area contributed by atoms with Gasteiger partial charge in [-0.15, -0.1) is 0 Å². The Kier molecular flexibility index (Phi) is 3.73. The smallest absolute Gasteiger partial charge is 0.0654 e. The van der Waals surface area contributed by atoms with Crippen LogP contribution < -0.4 is 5.43 Å². The maximum absolute atomic E-state index is 6.05. The average molecular weight is 369 g/mol. The van der Waals surface area contributed by atoms with Crippen molar-refractivity contribution in [3.63, 3.8) is 0 Å². The molecule has 0 amide bonds. The van der Waals surface area contributed by atoms with E-state index in [2.05, 4.69) is 65.1 Å². The van der Waals surface area contributed by atoms with Crippen LogP contribution in [-0.2, 0) is 0 Å². The van der Waals surface area contributed by atoms with Crippen LogP contribution in [0.4, 0.5) is 5.69 Å². The topological polar surface area (TPSA) is 24.4 Å². The molecule has 2 nitrogen and oxygen atoms in total. The Morgan fingerprint density at radius 1 is 0.778 bits per heavy atom. The third kappa shape index (κ3) is 2.70. The van der Waals surface area contributed by atoms with E-state index < -0.39 is 0 Å². The first-order chi connectivity index (χ1) is 13.2. The number of rotatable bonds is 3. The summed E-state index contributed by atoms with van der Waals surface area (Å²) in [4.78, 5) is 0. The summed E-state index contributed by atoms with van der Waals surface area (Å²) in [5, 5.41) is 12.9. The van der Waals surface area contributed by atoms with E-state index in [1.54, 1.807) is 0 Å². The van der Waals surface area contributed by atoms with Gasteiger partial charge in [-0.25, -0.2) is 0 Å². The van der Waals surface area contributed by atoms with Gasteiger partial charge in [-0.3, -0.25) is 5.43 Å².